The van der Waals surface area contributed by atoms with Crippen LogP contribution in [-0.2, 0) is 11.3 Å². The third-order valence-corrected chi connectivity index (χ3v) is 5.63. The quantitative estimate of drug-likeness (QED) is 0.864. The van der Waals surface area contributed by atoms with Crippen LogP contribution in [0.4, 0.5) is 4.79 Å². The summed E-state index contributed by atoms with van der Waals surface area (Å²) in [6.45, 7) is 2.25. The number of hydrogen-bond donors (Lipinski definition) is 2. The normalized spacial score (nSPS) is 22.5. The van der Waals surface area contributed by atoms with Gasteiger partial charge in [-0.05, 0) is 35.0 Å². The van der Waals surface area contributed by atoms with Gasteiger partial charge in [-0.3, -0.25) is 4.90 Å². The maximum Gasteiger partial charge on any atom is 0.327 e. The van der Waals surface area contributed by atoms with Gasteiger partial charge in [0.2, 0.25) is 0 Å². The summed E-state index contributed by atoms with van der Waals surface area (Å²) >= 11 is 6.38. The number of carbonyl (C=O) groups is 2. The fraction of sp³-hybridized carbons (Fsp3) is 0.455. The van der Waals surface area contributed by atoms with E-state index in [0.717, 1.165) is 8.66 Å². The molecule has 1 saturated heterocycles. The van der Waals surface area contributed by atoms with Gasteiger partial charge < -0.3 is 10.4 Å². The van der Waals surface area contributed by atoms with E-state index in [9.17, 15) is 9.59 Å². The van der Waals surface area contributed by atoms with E-state index in [1.807, 2.05) is 19.1 Å². The van der Waals surface area contributed by atoms with Gasteiger partial charge in [-0.15, -0.1) is 23.1 Å². The molecule has 1 aromatic rings. The minimum Gasteiger partial charge on any atom is -0.480 e. The Labute approximate surface area is 127 Å². The lowest BCUT2D eigenvalue weighted by Crippen LogP contribution is -2.49. The number of nitrogens with zero attached hydrogens (tertiary/aromatic N) is 1. The molecule has 0 spiro atoms. The number of halogens is 1. The minimum absolute atomic E-state index is 0.115. The zero-order valence-corrected chi connectivity index (χ0v) is 13.3. The van der Waals surface area contributed by atoms with Gasteiger partial charge in [-0.1, -0.05) is 0 Å². The third-order valence-electron chi connectivity index (χ3n) is 2.79. The Kier molecular flexibility index (Phi) is 4.75. The van der Waals surface area contributed by atoms with Crippen LogP contribution in [0.25, 0.3) is 0 Å². The SMILES string of the molecule is CC1SCC(C(=O)O)N1C(=O)NCc1ccc(Br)s1. The number of nitrogens with one attached hydrogen (secondary N) is 1. The molecule has 2 rings (SSSR count). The third kappa shape index (κ3) is 3.43. The van der Waals surface area contributed by atoms with E-state index in [4.69, 9.17) is 5.11 Å². The van der Waals surface area contributed by atoms with E-state index < -0.39 is 12.0 Å². The van der Waals surface area contributed by atoms with E-state index in [-0.39, 0.29) is 11.4 Å². The van der Waals surface area contributed by atoms with Crippen molar-refractivity contribution in [3.05, 3.63) is 20.8 Å². The molecule has 2 amide bonds. The van der Waals surface area contributed by atoms with Gasteiger partial charge in [0.25, 0.3) is 0 Å². The molecule has 19 heavy (non-hydrogen) atoms. The first-order chi connectivity index (χ1) is 8.99. The number of hydrogen-bond acceptors (Lipinski definition) is 4. The summed E-state index contributed by atoms with van der Waals surface area (Å²) in [4.78, 5) is 25.6. The summed E-state index contributed by atoms with van der Waals surface area (Å²) in [6, 6.07) is 2.77. The molecule has 0 saturated carbocycles. The van der Waals surface area contributed by atoms with Gasteiger partial charge in [0.05, 0.1) is 15.7 Å². The van der Waals surface area contributed by atoms with Crippen LogP contribution in [0.2, 0.25) is 0 Å². The molecular weight excluding hydrogens is 352 g/mol. The maximum atomic E-state index is 12.1. The Bertz CT molecular complexity index is 494. The van der Waals surface area contributed by atoms with E-state index in [1.165, 1.54) is 16.7 Å². The van der Waals surface area contributed by atoms with E-state index in [2.05, 4.69) is 21.2 Å². The smallest absolute Gasteiger partial charge is 0.327 e. The summed E-state index contributed by atoms with van der Waals surface area (Å²) < 4.78 is 1.00. The molecule has 1 aliphatic rings. The lowest BCUT2D eigenvalue weighted by atomic mass is 10.3. The van der Waals surface area contributed by atoms with Crippen LogP contribution in [0.15, 0.2) is 15.9 Å². The van der Waals surface area contributed by atoms with Crippen molar-refractivity contribution in [2.24, 2.45) is 0 Å². The molecule has 5 nitrogen and oxygen atoms in total. The average molecular weight is 365 g/mol. The number of carbonyl (C=O) groups excluding carboxylic acids is 1. The summed E-state index contributed by atoms with van der Waals surface area (Å²) in [7, 11) is 0. The summed E-state index contributed by atoms with van der Waals surface area (Å²) in [5.74, 6) is -0.514. The van der Waals surface area contributed by atoms with Crippen LogP contribution in [0.3, 0.4) is 0 Å². The Morgan fingerprint density at radius 2 is 2.32 bits per heavy atom. The molecule has 2 N–H and O–H groups in total. The second-order valence-corrected chi connectivity index (χ2v) is 7.95. The highest BCUT2D eigenvalue weighted by atomic mass is 79.9. The number of thiophene rings is 1. The van der Waals surface area contributed by atoms with Gasteiger partial charge in [0, 0.05) is 10.6 Å². The van der Waals surface area contributed by atoms with E-state index in [1.54, 1.807) is 11.3 Å². The average Bonchev–Trinajstić information content (AvgIpc) is 2.92. The van der Waals surface area contributed by atoms with Gasteiger partial charge in [0.15, 0.2) is 0 Å². The van der Waals surface area contributed by atoms with Crippen LogP contribution in [0.1, 0.15) is 11.8 Å². The van der Waals surface area contributed by atoms with E-state index in [0.29, 0.717) is 12.3 Å². The number of rotatable bonds is 3. The summed E-state index contributed by atoms with van der Waals surface area (Å²) in [6.07, 6.45) is 0. The molecule has 1 fully saturated rings. The minimum atomic E-state index is -0.953. The highest BCUT2D eigenvalue weighted by Crippen LogP contribution is 2.29. The van der Waals surface area contributed by atoms with Crippen molar-refractivity contribution in [1.82, 2.24) is 10.2 Å². The first kappa shape index (κ1) is 14.7. The van der Waals surface area contributed by atoms with Crippen molar-refractivity contribution in [1.29, 1.82) is 0 Å². The zero-order valence-electron chi connectivity index (χ0n) is 10.1. The Morgan fingerprint density at radius 3 is 2.89 bits per heavy atom. The van der Waals surface area contributed by atoms with Crippen LogP contribution < -0.4 is 5.32 Å². The van der Waals surface area contributed by atoms with Crippen molar-refractivity contribution in [2.45, 2.75) is 24.9 Å². The molecule has 0 bridgehead atoms. The Balaban J connectivity index is 1.96. The van der Waals surface area contributed by atoms with Crippen molar-refractivity contribution in [3.8, 4) is 0 Å². The molecular formula is C11H13BrN2O3S2. The first-order valence-corrected chi connectivity index (χ1v) is 8.29. The van der Waals surface area contributed by atoms with Crippen LogP contribution >= 0.6 is 39.0 Å². The number of amides is 2. The fourth-order valence-electron chi connectivity index (χ4n) is 1.84. The van der Waals surface area contributed by atoms with Crippen molar-refractivity contribution in [2.75, 3.05) is 5.75 Å². The predicted octanol–water partition coefficient (Wildman–Crippen LogP) is 2.57. The zero-order chi connectivity index (χ0) is 14.0. The van der Waals surface area contributed by atoms with Crippen LogP contribution in [0.5, 0.6) is 0 Å². The van der Waals surface area contributed by atoms with Crippen molar-refractivity contribution >= 4 is 51.0 Å². The standard InChI is InChI=1S/C11H13BrN2O3S2/c1-6-14(8(5-18-6)10(15)16)11(17)13-4-7-2-3-9(12)19-7/h2-3,6,8H,4-5H2,1H3,(H,13,17)(H,15,16). The molecule has 2 atom stereocenters. The monoisotopic (exact) mass is 364 g/mol. The lowest BCUT2D eigenvalue weighted by molar-refractivity contribution is -0.141. The number of thioether (sulfide) groups is 1. The van der Waals surface area contributed by atoms with Crippen LogP contribution in [-0.4, -0.2) is 39.2 Å². The van der Waals surface area contributed by atoms with Gasteiger partial charge in [0.1, 0.15) is 6.04 Å². The molecule has 2 heterocycles. The lowest BCUT2D eigenvalue weighted by Gasteiger charge is -2.25. The fourth-order valence-corrected chi connectivity index (χ4v) is 4.43. The molecule has 0 aromatic carbocycles. The Morgan fingerprint density at radius 1 is 1.58 bits per heavy atom. The van der Waals surface area contributed by atoms with Crippen LogP contribution in [0, 0.1) is 0 Å². The molecule has 1 aliphatic heterocycles. The van der Waals surface area contributed by atoms with Crippen molar-refractivity contribution in [3.63, 3.8) is 0 Å². The number of aliphatic carboxylic acids is 1. The molecule has 2 unspecified atom stereocenters. The molecule has 0 radical (unpaired) electrons. The predicted molar refractivity (Wildman–Crippen MR) is 79.4 cm³/mol. The first-order valence-electron chi connectivity index (χ1n) is 5.64. The second kappa shape index (κ2) is 6.15. The molecule has 0 aliphatic carbocycles. The van der Waals surface area contributed by atoms with Crippen molar-refractivity contribution < 1.29 is 14.7 Å². The van der Waals surface area contributed by atoms with Gasteiger partial charge in [-0.2, -0.15) is 0 Å². The highest BCUT2D eigenvalue weighted by molar-refractivity contribution is 9.11. The van der Waals surface area contributed by atoms with Gasteiger partial charge >= 0.3 is 12.0 Å². The summed E-state index contributed by atoms with van der Waals surface area (Å²) in [5.41, 5.74) is 0. The topological polar surface area (TPSA) is 69.6 Å². The number of carboxylic acid groups (broad SMARTS) is 1. The maximum absolute atomic E-state index is 12.1. The van der Waals surface area contributed by atoms with E-state index >= 15 is 0 Å². The molecule has 8 heteroatoms. The number of carboxylic acids is 1. The number of urea groups is 1. The second-order valence-electron chi connectivity index (χ2n) is 4.06. The largest absolute Gasteiger partial charge is 0.480 e. The molecule has 104 valence electrons. The highest BCUT2D eigenvalue weighted by Gasteiger charge is 2.39. The van der Waals surface area contributed by atoms with Gasteiger partial charge in [-0.25, -0.2) is 9.59 Å². The Hall–Kier alpha value is -0.730. The summed E-state index contributed by atoms with van der Waals surface area (Å²) in [5, 5.41) is 11.8. The molecule has 1 aromatic heterocycles.